The van der Waals surface area contributed by atoms with Crippen LogP contribution in [-0.4, -0.2) is 40.9 Å². The van der Waals surface area contributed by atoms with Gasteiger partial charge in [0, 0.05) is 30.5 Å². The molecule has 0 bridgehead atoms. The third kappa shape index (κ3) is 3.98. The molecule has 146 valence electrons. The van der Waals surface area contributed by atoms with Crippen LogP contribution in [0.2, 0.25) is 5.02 Å². The second-order valence-electron chi connectivity index (χ2n) is 6.58. The molecule has 1 aliphatic rings. The van der Waals surface area contributed by atoms with Crippen molar-refractivity contribution in [3.63, 3.8) is 0 Å². The SMILES string of the molecule is COc1ccc(Cl)cc1NC(=O)C1CCCN(c2nnc(-n3cccc3)s2)C1. The molecule has 1 N–H and O–H groups in total. The van der Waals surface area contributed by atoms with Crippen molar-refractivity contribution in [3.05, 3.63) is 47.7 Å². The predicted molar refractivity (Wildman–Crippen MR) is 111 cm³/mol. The molecule has 7 nitrogen and oxygen atoms in total. The third-order valence-electron chi connectivity index (χ3n) is 4.71. The number of methoxy groups -OCH3 is 1. The van der Waals surface area contributed by atoms with Crippen molar-refractivity contribution in [3.8, 4) is 10.9 Å². The molecule has 0 spiro atoms. The van der Waals surface area contributed by atoms with Crippen molar-refractivity contribution in [2.24, 2.45) is 5.92 Å². The van der Waals surface area contributed by atoms with Crippen LogP contribution in [0.1, 0.15) is 12.8 Å². The number of ether oxygens (including phenoxy) is 1. The van der Waals surface area contributed by atoms with E-state index in [1.165, 1.54) is 11.3 Å². The highest BCUT2D eigenvalue weighted by atomic mass is 35.5. The van der Waals surface area contributed by atoms with Gasteiger partial charge in [0.15, 0.2) is 0 Å². The number of nitrogens with one attached hydrogen (secondary N) is 1. The molecule has 0 aliphatic carbocycles. The quantitative estimate of drug-likeness (QED) is 0.682. The number of carbonyl (C=O) groups excluding carboxylic acids is 1. The first kappa shape index (κ1) is 18.8. The minimum Gasteiger partial charge on any atom is -0.495 e. The zero-order chi connectivity index (χ0) is 19.5. The fraction of sp³-hybridized carbons (Fsp3) is 0.316. The topological polar surface area (TPSA) is 72.3 Å². The summed E-state index contributed by atoms with van der Waals surface area (Å²) < 4.78 is 7.25. The van der Waals surface area contributed by atoms with Crippen LogP contribution in [0.4, 0.5) is 10.8 Å². The van der Waals surface area contributed by atoms with Crippen LogP contribution in [0, 0.1) is 5.92 Å². The van der Waals surface area contributed by atoms with Crippen LogP contribution in [0.15, 0.2) is 42.7 Å². The number of aromatic nitrogens is 3. The predicted octanol–water partition coefficient (Wildman–Crippen LogP) is 3.85. The van der Waals surface area contributed by atoms with Gasteiger partial charge in [-0.3, -0.25) is 9.36 Å². The first-order valence-electron chi connectivity index (χ1n) is 9.00. The van der Waals surface area contributed by atoms with E-state index in [1.807, 2.05) is 29.1 Å². The number of hydrogen-bond acceptors (Lipinski definition) is 6. The zero-order valence-electron chi connectivity index (χ0n) is 15.3. The van der Waals surface area contributed by atoms with Gasteiger partial charge in [0.1, 0.15) is 5.75 Å². The molecule has 1 saturated heterocycles. The molecule has 1 unspecified atom stereocenters. The van der Waals surface area contributed by atoms with Gasteiger partial charge in [-0.2, -0.15) is 0 Å². The average Bonchev–Trinajstić information content (AvgIpc) is 3.40. The Morgan fingerprint density at radius 3 is 2.86 bits per heavy atom. The molecule has 1 aliphatic heterocycles. The van der Waals surface area contributed by atoms with E-state index in [1.54, 1.807) is 25.3 Å². The van der Waals surface area contributed by atoms with Gasteiger partial charge in [0.05, 0.1) is 18.7 Å². The number of nitrogens with zero attached hydrogens (tertiary/aromatic N) is 4. The Kier molecular flexibility index (Phi) is 5.50. The lowest BCUT2D eigenvalue weighted by atomic mass is 9.97. The maximum absolute atomic E-state index is 12.8. The molecule has 4 rings (SSSR count). The number of anilines is 2. The summed E-state index contributed by atoms with van der Waals surface area (Å²) in [6.45, 7) is 1.47. The molecule has 1 aromatic carbocycles. The highest BCUT2D eigenvalue weighted by Crippen LogP contribution is 2.31. The van der Waals surface area contributed by atoms with E-state index < -0.39 is 0 Å². The lowest BCUT2D eigenvalue weighted by Crippen LogP contribution is -2.40. The minimum atomic E-state index is -0.142. The summed E-state index contributed by atoms with van der Waals surface area (Å²) in [6, 6.07) is 9.08. The fourth-order valence-electron chi connectivity index (χ4n) is 3.28. The fourth-order valence-corrected chi connectivity index (χ4v) is 4.30. The lowest BCUT2D eigenvalue weighted by molar-refractivity contribution is -0.120. The van der Waals surface area contributed by atoms with Crippen LogP contribution >= 0.6 is 22.9 Å². The van der Waals surface area contributed by atoms with Crippen molar-refractivity contribution in [1.82, 2.24) is 14.8 Å². The van der Waals surface area contributed by atoms with Gasteiger partial charge in [-0.25, -0.2) is 0 Å². The van der Waals surface area contributed by atoms with E-state index in [4.69, 9.17) is 16.3 Å². The first-order valence-corrected chi connectivity index (χ1v) is 10.2. The van der Waals surface area contributed by atoms with Gasteiger partial charge in [-0.1, -0.05) is 22.9 Å². The van der Waals surface area contributed by atoms with Gasteiger partial charge in [-0.05, 0) is 43.2 Å². The Labute approximate surface area is 171 Å². The molecule has 1 amide bonds. The van der Waals surface area contributed by atoms with Crippen molar-refractivity contribution in [1.29, 1.82) is 0 Å². The van der Waals surface area contributed by atoms with Crippen molar-refractivity contribution in [2.45, 2.75) is 12.8 Å². The number of hydrogen-bond donors (Lipinski definition) is 1. The number of halogens is 1. The Morgan fingerprint density at radius 1 is 1.29 bits per heavy atom. The smallest absolute Gasteiger partial charge is 0.229 e. The summed E-state index contributed by atoms with van der Waals surface area (Å²) >= 11 is 7.58. The number of amides is 1. The molecule has 9 heteroatoms. The normalized spacial score (nSPS) is 16.8. The number of piperidine rings is 1. The Hall–Kier alpha value is -2.58. The second-order valence-corrected chi connectivity index (χ2v) is 7.95. The lowest BCUT2D eigenvalue weighted by Gasteiger charge is -2.31. The second kappa shape index (κ2) is 8.20. The highest BCUT2D eigenvalue weighted by Gasteiger charge is 2.28. The molecule has 3 heterocycles. The van der Waals surface area contributed by atoms with E-state index in [2.05, 4.69) is 20.4 Å². The maximum Gasteiger partial charge on any atom is 0.229 e. The highest BCUT2D eigenvalue weighted by molar-refractivity contribution is 7.17. The summed E-state index contributed by atoms with van der Waals surface area (Å²) in [5, 5.41) is 13.7. The van der Waals surface area contributed by atoms with Gasteiger partial charge in [0.25, 0.3) is 0 Å². The Morgan fingerprint density at radius 2 is 2.07 bits per heavy atom. The van der Waals surface area contributed by atoms with Crippen LogP contribution in [0.25, 0.3) is 5.13 Å². The van der Waals surface area contributed by atoms with Crippen molar-refractivity contribution in [2.75, 3.05) is 30.4 Å². The average molecular weight is 418 g/mol. The van der Waals surface area contributed by atoms with Crippen LogP contribution in [0.3, 0.4) is 0 Å². The molecule has 1 atom stereocenters. The minimum absolute atomic E-state index is 0.0413. The Bertz CT molecular complexity index is 959. The zero-order valence-corrected chi connectivity index (χ0v) is 16.9. The van der Waals surface area contributed by atoms with E-state index >= 15 is 0 Å². The van der Waals surface area contributed by atoms with Crippen LogP contribution in [-0.2, 0) is 4.79 Å². The maximum atomic E-state index is 12.8. The van der Waals surface area contributed by atoms with Crippen molar-refractivity contribution >= 4 is 39.7 Å². The molecule has 0 radical (unpaired) electrons. The molecule has 1 fully saturated rings. The number of carbonyl (C=O) groups is 1. The third-order valence-corrected chi connectivity index (χ3v) is 5.94. The van der Waals surface area contributed by atoms with Crippen LogP contribution in [0.5, 0.6) is 5.75 Å². The van der Waals surface area contributed by atoms with Gasteiger partial charge >= 0.3 is 0 Å². The number of benzene rings is 1. The van der Waals surface area contributed by atoms with Gasteiger partial charge < -0.3 is 15.0 Å². The number of rotatable bonds is 5. The van der Waals surface area contributed by atoms with E-state index in [-0.39, 0.29) is 11.8 Å². The summed E-state index contributed by atoms with van der Waals surface area (Å²) in [7, 11) is 1.57. The van der Waals surface area contributed by atoms with Gasteiger partial charge in [0.2, 0.25) is 16.2 Å². The molecule has 0 saturated carbocycles. The standard InChI is InChI=1S/C19H20ClN5O2S/c1-27-16-7-6-14(20)11-15(16)21-17(26)13-5-4-10-25(12-13)19-23-22-18(28-19)24-8-2-3-9-24/h2-3,6-9,11,13H,4-5,10,12H2,1H3,(H,21,26). The van der Waals surface area contributed by atoms with E-state index in [0.29, 0.717) is 23.0 Å². The summed E-state index contributed by atoms with van der Waals surface area (Å²) in [4.78, 5) is 15.0. The first-order chi connectivity index (χ1) is 13.6. The monoisotopic (exact) mass is 417 g/mol. The summed E-state index contributed by atoms with van der Waals surface area (Å²) in [5.74, 6) is 0.405. The molecule has 28 heavy (non-hydrogen) atoms. The molecule has 2 aromatic heterocycles. The van der Waals surface area contributed by atoms with Crippen molar-refractivity contribution < 1.29 is 9.53 Å². The molecular formula is C19H20ClN5O2S. The Balaban J connectivity index is 1.45. The van der Waals surface area contributed by atoms with Gasteiger partial charge in [-0.15, -0.1) is 10.2 Å². The molecule has 3 aromatic rings. The molecular weight excluding hydrogens is 398 g/mol. The van der Waals surface area contributed by atoms with E-state index in [9.17, 15) is 4.79 Å². The van der Waals surface area contributed by atoms with E-state index in [0.717, 1.165) is 29.6 Å². The largest absolute Gasteiger partial charge is 0.495 e. The summed E-state index contributed by atoms with van der Waals surface area (Å²) in [5.41, 5.74) is 0.586. The summed E-state index contributed by atoms with van der Waals surface area (Å²) in [6.07, 6.45) is 5.63. The van der Waals surface area contributed by atoms with Crippen LogP contribution < -0.4 is 15.0 Å².